The van der Waals surface area contributed by atoms with Gasteiger partial charge in [-0.3, -0.25) is 9.80 Å². The van der Waals surface area contributed by atoms with Gasteiger partial charge < -0.3 is 10.1 Å². The molecule has 3 aliphatic rings. The Morgan fingerprint density at radius 1 is 1.15 bits per heavy atom. The molecule has 3 saturated heterocycles. The molecule has 3 rings (SSSR count). The van der Waals surface area contributed by atoms with E-state index >= 15 is 0 Å². The first-order valence-corrected chi connectivity index (χ1v) is 8.55. The van der Waals surface area contributed by atoms with Gasteiger partial charge in [-0.2, -0.15) is 0 Å². The second-order valence-corrected chi connectivity index (χ2v) is 7.17. The van der Waals surface area contributed by atoms with Crippen molar-refractivity contribution < 1.29 is 4.74 Å². The maximum atomic E-state index is 6.11. The minimum Gasteiger partial charge on any atom is -0.374 e. The molecule has 4 nitrogen and oxygen atoms in total. The number of morpholine rings is 1. The van der Waals surface area contributed by atoms with Gasteiger partial charge in [-0.1, -0.05) is 13.8 Å². The Hall–Kier alpha value is -0.160. The van der Waals surface area contributed by atoms with Crippen LogP contribution in [0.5, 0.6) is 0 Å². The molecule has 0 amide bonds. The van der Waals surface area contributed by atoms with Crippen LogP contribution in [0.25, 0.3) is 0 Å². The standard InChI is InChI=1S/C16H31N3O/c1-13(2)17-14-5-3-7-18(9-14)10-16-11-19-8-4-6-15(19)12-20-16/h13-17H,3-12H2,1-2H3. The zero-order chi connectivity index (χ0) is 13.9. The summed E-state index contributed by atoms with van der Waals surface area (Å²) in [7, 11) is 0. The van der Waals surface area contributed by atoms with Crippen molar-refractivity contribution in [1.29, 1.82) is 0 Å². The van der Waals surface area contributed by atoms with Crippen LogP contribution < -0.4 is 5.32 Å². The molecule has 0 aromatic rings. The summed E-state index contributed by atoms with van der Waals surface area (Å²) in [6.45, 7) is 11.5. The first-order chi connectivity index (χ1) is 9.70. The lowest BCUT2D eigenvalue weighted by Crippen LogP contribution is -2.53. The SMILES string of the molecule is CC(C)NC1CCCN(CC2CN3CCCC3CO2)C1. The first-order valence-electron chi connectivity index (χ1n) is 8.55. The van der Waals surface area contributed by atoms with Crippen molar-refractivity contribution in [1.82, 2.24) is 15.1 Å². The molecule has 0 radical (unpaired) electrons. The van der Waals surface area contributed by atoms with E-state index in [1.165, 1.54) is 45.3 Å². The van der Waals surface area contributed by atoms with Crippen LogP contribution in [0.3, 0.4) is 0 Å². The van der Waals surface area contributed by atoms with Gasteiger partial charge in [0.2, 0.25) is 0 Å². The number of hydrogen-bond donors (Lipinski definition) is 1. The molecule has 0 spiro atoms. The van der Waals surface area contributed by atoms with Gasteiger partial charge in [0, 0.05) is 37.8 Å². The molecule has 0 bridgehead atoms. The van der Waals surface area contributed by atoms with Gasteiger partial charge in [0.25, 0.3) is 0 Å². The van der Waals surface area contributed by atoms with E-state index in [-0.39, 0.29) is 0 Å². The highest BCUT2D eigenvalue weighted by atomic mass is 16.5. The fourth-order valence-corrected chi connectivity index (χ4v) is 4.11. The average Bonchev–Trinajstić information content (AvgIpc) is 2.85. The van der Waals surface area contributed by atoms with Crippen molar-refractivity contribution in [2.75, 3.05) is 39.3 Å². The van der Waals surface area contributed by atoms with Crippen molar-refractivity contribution in [2.24, 2.45) is 0 Å². The van der Waals surface area contributed by atoms with Crippen molar-refractivity contribution in [3.05, 3.63) is 0 Å². The minimum absolute atomic E-state index is 0.433. The van der Waals surface area contributed by atoms with E-state index in [9.17, 15) is 0 Å². The van der Waals surface area contributed by atoms with Crippen molar-refractivity contribution >= 4 is 0 Å². The second kappa shape index (κ2) is 6.73. The highest BCUT2D eigenvalue weighted by molar-refractivity contribution is 4.88. The predicted octanol–water partition coefficient (Wildman–Crippen LogP) is 1.31. The molecule has 3 heterocycles. The van der Waals surface area contributed by atoms with Crippen LogP contribution in [0.1, 0.15) is 39.5 Å². The number of likely N-dealkylation sites (tertiary alicyclic amines) is 1. The monoisotopic (exact) mass is 281 g/mol. The van der Waals surface area contributed by atoms with Crippen LogP contribution >= 0.6 is 0 Å². The zero-order valence-electron chi connectivity index (χ0n) is 13.2. The van der Waals surface area contributed by atoms with Crippen molar-refractivity contribution in [3.63, 3.8) is 0 Å². The Morgan fingerprint density at radius 3 is 2.85 bits per heavy atom. The number of nitrogens with one attached hydrogen (secondary N) is 1. The highest BCUT2D eigenvalue weighted by Crippen LogP contribution is 2.23. The second-order valence-electron chi connectivity index (χ2n) is 7.17. The van der Waals surface area contributed by atoms with Crippen molar-refractivity contribution in [2.45, 2.75) is 63.8 Å². The third-order valence-electron chi connectivity index (χ3n) is 5.00. The largest absolute Gasteiger partial charge is 0.374 e. The Balaban J connectivity index is 1.45. The molecule has 20 heavy (non-hydrogen) atoms. The third-order valence-corrected chi connectivity index (χ3v) is 5.00. The van der Waals surface area contributed by atoms with E-state index < -0.39 is 0 Å². The number of piperidine rings is 1. The molecular formula is C16H31N3O. The molecule has 4 heteroatoms. The molecular weight excluding hydrogens is 250 g/mol. The fourth-order valence-electron chi connectivity index (χ4n) is 4.11. The third kappa shape index (κ3) is 3.73. The van der Waals surface area contributed by atoms with Crippen LogP contribution in [0.4, 0.5) is 0 Å². The Kier molecular flexibility index (Phi) is 4.97. The van der Waals surface area contributed by atoms with Gasteiger partial charge in [0.15, 0.2) is 0 Å². The molecule has 0 aromatic carbocycles. The predicted molar refractivity (Wildman–Crippen MR) is 82.1 cm³/mol. The van der Waals surface area contributed by atoms with Gasteiger partial charge in [-0.25, -0.2) is 0 Å². The summed E-state index contributed by atoms with van der Waals surface area (Å²) >= 11 is 0. The zero-order valence-corrected chi connectivity index (χ0v) is 13.2. The topological polar surface area (TPSA) is 27.7 Å². The minimum atomic E-state index is 0.433. The molecule has 0 aromatic heterocycles. The Labute approximate surface area is 123 Å². The maximum Gasteiger partial charge on any atom is 0.0829 e. The molecule has 3 atom stereocenters. The molecule has 3 fully saturated rings. The summed E-state index contributed by atoms with van der Waals surface area (Å²) < 4.78 is 6.11. The summed E-state index contributed by atoms with van der Waals surface area (Å²) in [5, 5.41) is 3.69. The normalized spacial score (nSPS) is 36.5. The fraction of sp³-hybridized carbons (Fsp3) is 1.00. The first kappa shape index (κ1) is 14.8. The smallest absolute Gasteiger partial charge is 0.0829 e. The molecule has 116 valence electrons. The number of fused-ring (bicyclic) bond motifs is 1. The van der Waals surface area contributed by atoms with E-state index in [0.717, 1.165) is 25.7 Å². The molecule has 3 aliphatic heterocycles. The van der Waals surface area contributed by atoms with Crippen LogP contribution in [-0.4, -0.2) is 73.4 Å². The van der Waals surface area contributed by atoms with E-state index in [0.29, 0.717) is 18.2 Å². The molecule has 0 saturated carbocycles. The Bertz CT molecular complexity index is 310. The van der Waals surface area contributed by atoms with E-state index in [1.54, 1.807) is 0 Å². The summed E-state index contributed by atoms with van der Waals surface area (Å²) in [4.78, 5) is 5.27. The molecule has 3 unspecified atom stereocenters. The maximum absolute atomic E-state index is 6.11. The van der Waals surface area contributed by atoms with Gasteiger partial charge in [-0.05, 0) is 38.8 Å². The lowest BCUT2D eigenvalue weighted by molar-refractivity contribution is -0.0637. The van der Waals surface area contributed by atoms with Crippen LogP contribution in [0.15, 0.2) is 0 Å². The summed E-state index contributed by atoms with van der Waals surface area (Å²) in [6, 6.07) is 1.99. The number of rotatable bonds is 4. The van der Waals surface area contributed by atoms with Crippen molar-refractivity contribution in [3.8, 4) is 0 Å². The van der Waals surface area contributed by atoms with E-state index in [4.69, 9.17) is 4.74 Å². The summed E-state index contributed by atoms with van der Waals surface area (Å²) in [5.41, 5.74) is 0. The molecule has 1 N–H and O–H groups in total. The van der Waals surface area contributed by atoms with Crippen LogP contribution in [-0.2, 0) is 4.74 Å². The van der Waals surface area contributed by atoms with Gasteiger partial charge in [0.1, 0.15) is 0 Å². The van der Waals surface area contributed by atoms with Crippen LogP contribution in [0.2, 0.25) is 0 Å². The lowest BCUT2D eigenvalue weighted by atomic mass is 10.0. The number of nitrogens with zero attached hydrogens (tertiary/aromatic N) is 2. The van der Waals surface area contributed by atoms with Gasteiger partial charge in [-0.15, -0.1) is 0 Å². The highest BCUT2D eigenvalue weighted by Gasteiger charge is 2.33. The lowest BCUT2D eigenvalue weighted by Gasteiger charge is -2.40. The van der Waals surface area contributed by atoms with Gasteiger partial charge >= 0.3 is 0 Å². The van der Waals surface area contributed by atoms with E-state index in [2.05, 4.69) is 29.0 Å². The summed E-state index contributed by atoms with van der Waals surface area (Å²) in [5.74, 6) is 0. The number of ether oxygens (including phenoxy) is 1. The number of hydrogen-bond acceptors (Lipinski definition) is 4. The van der Waals surface area contributed by atoms with Gasteiger partial charge in [0.05, 0.1) is 12.7 Å². The molecule has 0 aliphatic carbocycles. The van der Waals surface area contributed by atoms with Crippen LogP contribution in [0, 0.1) is 0 Å². The summed E-state index contributed by atoms with van der Waals surface area (Å²) in [6.07, 6.45) is 5.79. The Morgan fingerprint density at radius 2 is 2.00 bits per heavy atom. The average molecular weight is 281 g/mol. The quantitative estimate of drug-likeness (QED) is 0.841. The van der Waals surface area contributed by atoms with E-state index in [1.807, 2.05) is 0 Å².